The average Bonchev–Trinajstić information content (AvgIpc) is 0.722. The molecular formula is CH4O3STb. The zero-order valence-corrected chi connectivity index (χ0v) is 5.96. The standard InChI is InChI=1S/CH4O3S.Tb/c1-5(2,3)4;/h1H3,(H,2,3,4);. The summed E-state index contributed by atoms with van der Waals surface area (Å²) in [6.45, 7) is 0. The van der Waals surface area contributed by atoms with Gasteiger partial charge in [-0.3, -0.25) is 4.55 Å². The van der Waals surface area contributed by atoms with Crippen LogP contribution >= 0.6 is 0 Å². The van der Waals surface area contributed by atoms with Gasteiger partial charge in [0.1, 0.15) is 0 Å². The summed E-state index contributed by atoms with van der Waals surface area (Å²) in [5, 5.41) is 0. The number of hydrogen-bond acceptors (Lipinski definition) is 2. The van der Waals surface area contributed by atoms with Crippen molar-refractivity contribution < 1.29 is 51.6 Å². The van der Waals surface area contributed by atoms with Gasteiger partial charge >= 0.3 is 0 Å². The van der Waals surface area contributed by atoms with E-state index in [0.717, 1.165) is 0 Å². The predicted molar refractivity (Wildman–Crippen MR) is 17.5 cm³/mol. The molecule has 0 saturated carbocycles. The molecule has 0 aliphatic carbocycles. The minimum absolute atomic E-state index is 0. The topological polar surface area (TPSA) is 54.4 Å². The number of rotatable bonds is 0. The van der Waals surface area contributed by atoms with Gasteiger partial charge in [0.05, 0.1) is 6.26 Å². The summed E-state index contributed by atoms with van der Waals surface area (Å²) in [6.07, 6.45) is 0.715. The van der Waals surface area contributed by atoms with Gasteiger partial charge in [0, 0.05) is 38.6 Å². The Morgan fingerprint density at radius 1 is 1.50 bits per heavy atom. The molecule has 1 N–H and O–H groups in total. The second-order valence-corrected chi connectivity index (χ2v) is 2.20. The molecule has 41 valence electrons. The van der Waals surface area contributed by atoms with E-state index in [0.29, 0.717) is 6.26 Å². The van der Waals surface area contributed by atoms with Gasteiger partial charge in [-0.1, -0.05) is 0 Å². The van der Waals surface area contributed by atoms with E-state index in [1.54, 1.807) is 0 Å². The Balaban J connectivity index is 0. The van der Waals surface area contributed by atoms with Gasteiger partial charge in [-0.25, -0.2) is 0 Å². The van der Waals surface area contributed by atoms with Crippen LogP contribution in [0.25, 0.3) is 0 Å². The Labute approximate surface area is 67.3 Å². The Kier molecular flexibility index (Phi) is 5.51. The zero-order chi connectivity index (χ0) is 4.50. The Bertz CT molecular complexity index is 94.0. The molecule has 0 bridgehead atoms. The molecule has 0 heterocycles. The van der Waals surface area contributed by atoms with Crippen LogP contribution in [-0.2, 0) is 10.1 Å². The molecule has 0 spiro atoms. The van der Waals surface area contributed by atoms with Gasteiger partial charge in [0.2, 0.25) is 0 Å². The molecular weight excluding hydrogens is 251 g/mol. The summed E-state index contributed by atoms with van der Waals surface area (Å²) >= 11 is 0. The van der Waals surface area contributed by atoms with E-state index < -0.39 is 10.1 Å². The molecule has 6 heavy (non-hydrogen) atoms. The van der Waals surface area contributed by atoms with Gasteiger partial charge in [-0.15, -0.1) is 0 Å². The van der Waals surface area contributed by atoms with Crippen molar-refractivity contribution >= 4 is 10.1 Å². The summed E-state index contributed by atoms with van der Waals surface area (Å²) < 4.78 is 25.9. The maximum absolute atomic E-state index is 9.19. The van der Waals surface area contributed by atoms with Crippen LogP contribution in [0, 0.1) is 38.6 Å². The van der Waals surface area contributed by atoms with Crippen molar-refractivity contribution in [3.8, 4) is 0 Å². The fourth-order valence-electron chi connectivity index (χ4n) is 0. The predicted octanol–water partition coefficient (Wildman–Crippen LogP) is -0.496. The summed E-state index contributed by atoms with van der Waals surface area (Å²) in [4.78, 5) is 0. The minimum Gasteiger partial charge on any atom is -0.286 e. The molecule has 0 aliphatic rings. The third-order valence-corrected chi connectivity index (χ3v) is 0. The zero-order valence-electron chi connectivity index (χ0n) is 3.01. The minimum atomic E-state index is -3.67. The van der Waals surface area contributed by atoms with Crippen molar-refractivity contribution in [3.05, 3.63) is 0 Å². The fraction of sp³-hybridized carbons (Fsp3) is 1.00. The summed E-state index contributed by atoms with van der Waals surface area (Å²) in [7, 11) is -3.67. The van der Waals surface area contributed by atoms with E-state index in [9.17, 15) is 8.42 Å². The molecule has 0 aromatic rings. The monoisotopic (exact) mass is 255 g/mol. The molecule has 0 rings (SSSR count). The second-order valence-electron chi connectivity index (χ2n) is 0.733. The number of hydrogen-bond donors (Lipinski definition) is 1. The van der Waals surface area contributed by atoms with Crippen molar-refractivity contribution in [2.75, 3.05) is 6.26 Å². The molecule has 1 radical (unpaired) electrons. The van der Waals surface area contributed by atoms with Crippen molar-refractivity contribution in [3.63, 3.8) is 0 Å². The molecule has 5 heteroatoms. The Morgan fingerprint density at radius 3 is 1.50 bits per heavy atom. The third kappa shape index (κ3) is 64.0. The van der Waals surface area contributed by atoms with Crippen LogP contribution in [0.4, 0.5) is 0 Å². The van der Waals surface area contributed by atoms with Crippen LogP contribution in [0.15, 0.2) is 0 Å². The molecule has 0 fully saturated rings. The largest absolute Gasteiger partial charge is 0.286 e. The quantitative estimate of drug-likeness (QED) is 0.594. The van der Waals surface area contributed by atoms with E-state index in [4.69, 9.17) is 4.55 Å². The first-order chi connectivity index (χ1) is 2.00. The molecule has 0 amide bonds. The van der Waals surface area contributed by atoms with Crippen molar-refractivity contribution in [1.29, 1.82) is 0 Å². The van der Waals surface area contributed by atoms with Crippen LogP contribution in [0.1, 0.15) is 0 Å². The van der Waals surface area contributed by atoms with Gasteiger partial charge in [0.25, 0.3) is 10.1 Å². The molecule has 0 aromatic heterocycles. The summed E-state index contributed by atoms with van der Waals surface area (Å²) in [5.74, 6) is 0. The molecule has 0 unspecified atom stereocenters. The van der Waals surface area contributed by atoms with E-state index in [1.165, 1.54) is 0 Å². The van der Waals surface area contributed by atoms with Crippen LogP contribution in [0.3, 0.4) is 0 Å². The van der Waals surface area contributed by atoms with Gasteiger partial charge in [-0.2, -0.15) is 8.42 Å². The second kappa shape index (κ2) is 3.23. The SMILES string of the molecule is CS(=O)(=O)O.[Tb]. The first-order valence-electron chi connectivity index (χ1n) is 0.924. The van der Waals surface area contributed by atoms with Gasteiger partial charge < -0.3 is 0 Å². The molecule has 3 nitrogen and oxygen atoms in total. The summed E-state index contributed by atoms with van der Waals surface area (Å²) in [6, 6.07) is 0. The average molecular weight is 255 g/mol. The van der Waals surface area contributed by atoms with Gasteiger partial charge in [0.15, 0.2) is 0 Å². The van der Waals surface area contributed by atoms with Gasteiger partial charge in [-0.05, 0) is 0 Å². The molecule has 0 aromatic carbocycles. The maximum atomic E-state index is 9.19. The van der Waals surface area contributed by atoms with E-state index in [1.807, 2.05) is 0 Å². The Morgan fingerprint density at radius 2 is 1.50 bits per heavy atom. The Hall–Kier alpha value is 1.20. The first-order valence-corrected chi connectivity index (χ1v) is 2.77. The maximum Gasteiger partial charge on any atom is 0.261 e. The van der Waals surface area contributed by atoms with E-state index in [2.05, 4.69) is 0 Å². The van der Waals surface area contributed by atoms with E-state index >= 15 is 0 Å². The first kappa shape index (κ1) is 10.2. The van der Waals surface area contributed by atoms with Crippen LogP contribution in [-0.4, -0.2) is 19.2 Å². The third-order valence-electron chi connectivity index (χ3n) is 0. The molecule has 0 aliphatic heterocycles. The molecule has 0 atom stereocenters. The van der Waals surface area contributed by atoms with Crippen molar-refractivity contribution in [2.45, 2.75) is 0 Å². The fourth-order valence-corrected chi connectivity index (χ4v) is 0. The normalized spacial score (nSPS) is 9.67. The van der Waals surface area contributed by atoms with Crippen LogP contribution < -0.4 is 0 Å². The van der Waals surface area contributed by atoms with Crippen molar-refractivity contribution in [1.82, 2.24) is 0 Å². The van der Waals surface area contributed by atoms with E-state index in [-0.39, 0.29) is 38.6 Å². The molecule has 0 saturated heterocycles. The van der Waals surface area contributed by atoms with Crippen molar-refractivity contribution in [2.24, 2.45) is 0 Å². The van der Waals surface area contributed by atoms with Crippen LogP contribution in [0.2, 0.25) is 0 Å². The smallest absolute Gasteiger partial charge is 0.261 e. The summed E-state index contributed by atoms with van der Waals surface area (Å²) in [5.41, 5.74) is 0. The van der Waals surface area contributed by atoms with Crippen LogP contribution in [0.5, 0.6) is 0 Å².